The summed E-state index contributed by atoms with van der Waals surface area (Å²) in [6, 6.07) is 6.27. The van der Waals surface area contributed by atoms with Crippen LogP contribution in [0.3, 0.4) is 0 Å². The third-order valence-electron chi connectivity index (χ3n) is 4.15. The molecule has 0 aliphatic rings. The predicted octanol–water partition coefficient (Wildman–Crippen LogP) is 3.08. The molecule has 4 aromatic rings. The van der Waals surface area contributed by atoms with Gasteiger partial charge in [0.05, 0.1) is 6.20 Å². The largest absolute Gasteiger partial charge is 0.368 e. The molecule has 0 bridgehead atoms. The van der Waals surface area contributed by atoms with Gasteiger partial charge in [0.1, 0.15) is 17.0 Å². The Morgan fingerprint density at radius 1 is 1.15 bits per heavy atom. The van der Waals surface area contributed by atoms with Crippen LogP contribution in [-0.4, -0.2) is 29.5 Å². The number of halogens is 1. The van der Waals surface area contributed by atoms with Gasteiger partial charge in [-0.15, -0.1) is 0 Å². The highest BCUT2D eigenvalue weighted by molar-refractivity contribution is 5.77. The number of nitrogens with two attached hydrogens (primary N) is 1. The van der Waals surface area contributed by atoms with Crippen LogP contribution < -0.4 is 11.1 Å². The van der Waals surface area contributed by atoms with Gasteiger partial charge >= 0.3 is 0 Å². The molecular formula is C18H17FN8. The maximum Gasteiger partial charge on any atom is 0.229 e. The highest BCUT2D eigenvalue weighted by Gasteiger charge is 2.15. The molecule has 0 saturated heterocycles. The molecule has 0 radical (unpaired) electrons. The van der Waals surface area contributed by atoms with Gasteiger partial charge in [0, 0.05) is 18.4 Å². The van der Waals surface area contributed by atoms with Gasteiger partial charge in [-0.05, 0) is 37.6 Å². The number of fused-ring (bicyclic) bond motifs is 1. The van der Waals surface area contributed by atoms with Crippen LogP contribution in [0.15, 0.2) is 36.7 Å². The highest BCUT2D eigenvalue weighted by atomic mass is 19.1. The van der Waals surface area contributed by atoms with E-state index < -0.39 is 0 Å². The minimum atomic E-state index is -0.327. The number of anilines is 3. The molecule has 0 aliphatic heterocycles. The smallest absolute Gasteiger partial charge is 0.229 e. The summed E-state index contributed by atoms with van der Waals surface area (Å²) in [4.78, 5) is 21.6. The van der Waals surface area contributed by atoms with E-state index in [1.54, 1.807) is 24.5 Å². The zero-order valence-corrected chi connectivity index (χ0v) is 14.8. The minimum Gasteiger partial charge on any atom is -0.368 e. The fourth-order valence-electron chi connectivity index (χ4n) is 2.82. The van der Waals surface area contributed by atoms with Crippen LogP contribution in [0.1, 0.15) is 12.5 Å². The van der Waals surface area contributed by atoms with E-state index in [0.29, 0.717) is 40.9 Å². The van der Waals surface area contributed by atoms with E-state index in [-0.39, 0.29) is 11.8 Å². The number of aromatic nitrogens is 6. The van der Waals surface area contributed by atoms with E-state index in [0.717, 1.165) is 5.56 Å². The maximum absolute atomic E-state index is 13.5. The lowest BCUT2D eigenvalue weighted by Gasteiger charge is -2.09. The molecule has 27 heavy (non-hydrogen) atoms. The van der Waals surface area contributed by atoms with Crippen molar-refractivity contribution in [2.75, 3.05) is 11.1 Å². The third kappa shape index (κ3) is 3.14. The zero-order chi connectivity index (χ0) is 19.0. The van der Waals surface area contributed by atoms with Crippen LogP contribution >= 0.6 is 0 Å². The quantitative estimate of drug-likeness (QED) is 0.573. The van der Waals surface area contributed by atoms with Gasteiger partial charge in [0.15, 0.2) is 11.5 Å². The second kappa shape index (κ2) is 6.60. The molecule has 0 aliphatic carbocycles. The fourth-order valence-corrected chi connectivity index (χ4v) is 2.82. The number of benzene rings is 1. The van der Waals surface area contributed by atoms with Gasteiger partial charge in [-0.3, -0.25) is 0 Å². The summed E-state index contributed by atoms with van der Waals surface area (Å²) < 4.78 is 15.4. The number of nitrogens with zero attached hydrogens (tertiary/aromatic N) is 6. The van der Waals surface area contributed by atoms with Crippen molar-refractivity contribution in [2.45, 2.75) is 20.4 Å². The Labute approximate surface area is 154 Å². The summed E-state index contributed by atoms with van der Waals surface area (Å²) in [6.07, 6.45) is 3.21. The monoisotopic (exact) mass is 364 g/mol. The van der Waals surface area contributed by atoms with Crippen molar-refractivity contribution in [3.63, 3.8) is 0 Å². The zero-order valence-electron chi connectivity index (χ0n) is 14.8. The van der Waals surface area contributed by atoms with Crippen LogP contribution in [0.4, 0.5) is 22.0 Å². The number of rotatable bonds is 4. The standard InChI is InChI=1S/C18H17FN8/c1-3-27-15(12-6-7-21-17(20)24-12)23-14-9-22-18(26-16(14)27)25-13-8-11(19)5-4-10(13)2/h4-9H,3H2,1-2H3,(H2,20,21,24)(H,22,25,26). The van der Waals surface area contributed by atoms with Gasteiger partial charge < -0.3 is 15.6 Å². The lowest BCUT2D eigenvalue weighted by Crippen LogP contribution is -2.04. The van der Waals surface area contributed by atoms with Crippen molar-refractivity contribution >= 4 is 28.7 Å². The number of nitrogens with one attached hydrogen (secondary N) is 1. The predicted molar refractivity (Wildman–Crippen MR) is 101 cm³/mol. The summed E-state index contributed by atoms with van der Waals surface area (Å²) in [5, 5.41) is 3.07. The Morgan fingerprint density at radius 3 is 2.78 bits per heavy atom. The molecule has 3 aromatic heterocycles. The Bertz CT molecular complexity index is 1140. The van der Waals surface area contributed by atoms with Crippen molar-refractivity contribution < 1.29 is 4.39 Å². The molecule has 0 spiro atoms. The first-order chi connectivity index (χ1) is 13.0. The molecule has 8 nitrogen and oxygen atoms in total. The molecule has 3 heterocycles. The van der Waals surface area contributed by atoms with Gasteiger partial charge in [-0.2, -0.15) is 4.98 Å². The van der Waals surface area contributed by atoms with Crippen LogP contribution in [0.5, 0.6) is 0 Å². The molecule has 1 aromatic carbocycles. The molecule has 0 atom stereocenters. The van der Waals surface area contributed by atoms with Crippen LogP contribution in [0.25, 0.3) is 22.7 Å². The van der Waals surface area contributed by atoms with Crippen molar-refractivity contribution in [3.8, 4) is 11.5 Å². The molecule has 0 fully saturated rings. The first-order valence-corrected chi connectivity index (χ1v) is 8.40. The van der Waals surface area contributed by atoms with Crippen LogP contribution in [0, 0.1) is 12.7 Å². The molecule has 136 valence electrons. The van der Waals surface area contributed by atoms with E-state index in [1.807, 2.05) is 18.4 Å². The van der Waals surface area contributed by atoms with Gasteiger partial charge in [-0.1, -0.05) is 6.07 Å². The Kier molecular flexibility index (Phi) is 4.11. The van der Waals surface area contributed by atoms with Crippen molar-refractivity contribution in [2.24, 2.45) is 0 Å². The summed E-state index contributed by atoms with van der Waals surface area (Å²) in [7, 11) is 0. The second-order valence-corrected chi connectivity index (χ2v) is 5.97. The van der Waals surface area contributed by atoms with Gasteiger partial charge in [0.25, 0.3) is 0 Å². The number of nitrogen functional groups attached to an aromatic ring is 1. The fraction of sp³-hybridized carbons (Fsp3) is 0.167. The molecule has 0 amide bonds. The molecular weight excluding hydrogens is 347 g/mol. The first kappa shape index (κ1) is 16.8. The topological polar surface area (TPSA) is 107 Å². The molecule has 3 N–H and O–H groups in total. The van der Waals surface area contributed by atoms with E-state index in [4.69, 9.17) is 5.73 Å². The number of hydrogen-bond acceptors (Lipinski definition) is 7. The van der Waals surface area contributed by atoms with E-state index >= 15 is 0 Å². The Hall–Kier alpha value is -3.62. The number of hydrogen-bond donors (Lipinski definition) is 2. The Morgan fingerprint density at radius 2 is 2.00 bits per heavy atom. The van der Waals surface area contributed by atoms with Crippen molar-refractivity contribution in [1.82, 2.24) is 29.5 Å². The molecule has 4 rings (SSSR count). The molecule has 9 heteroatoms. The normalized spacial score (nSPS) is 11.1. The second-order valence-electron chi connectivity index (χ2n) is 5.97. The van der Waals surface area contributed by atoms with Gasteiger partial charge in [-0.25, -0.2) is 24.3 Å². The van der Waals surface area contributed by atoms with E-state index in [9.17, 15) is 4.39 Å². The van der Waals surface area contributed by atoms with Gasteiger partial charge in [0.2, 0.25) is 11.9 Å². The average Bonchev–Trinajstić information content (AvgIpc) is 3.02. The summed E-state index contributed by atoms with van der Waals surface area (Å²) in [5.41, 5.74) is 9.08. The lowest BCUT2D eigenvalue weighted by molar-refractivity contribution is 0.628. The van der Waals surface area contributed by atoms with Crippen molar-refractivity contribution in [3.05, 3.63) is 48.0 Å². The summed E-state index contributed by atoms with van der Waals surface area (Å²) >= 11 is 0. The lowest BCUT2D eigenvalue weighted by atomic mass is 10.2. The van der Waals surface area contributed by atoms with E-state index in [2.05, 4.69) is 30.2 Å². The molecule has 0 saturated carbocycles. The van der Waals surface area contributed by atoms with Crippen LogP contribution in [-0.2, 0) is 6.54 Å². The average molecular weight is 364 g/mol. The summed E-state index contributed by atoms with van der Waals surface area (Å²) in [5.74, 6) is 0.846. The maximum atomic E-state index is 13.5. The number of aryl methyl sites for hydroxylation is 2. The Balaban J connectivity index is 1.79. The van der Waals surface area contributed by atoms with Crippen LogP contribution in [0.2, 0.25) is 0 Å². The molecule has 0 unspecified atom stereocenters. The minimum absolute atomic E-state index is 0.178. The third-order valence-corrected chi connectivity index (χ3v) is 4.15. The summed E-state index contributed by atoms with van der Waals surface area (Å²) in [6.45, 7) is 4.50. The SMILES string of the molecule is CCn1c(-c2ccnc(N)n2)nc2cnc(Nc3cc(F)ccc3C)nc21. The van der Waals surface area contributed by atoms with E-state index in [1.165, 1.54) is 12.1 Å². The van der Waals surface area contributed by atoms with Crippen molar-refractivity contribution in [1.29, 1.82) is 0 Å². The highest BCUT2D eigenvalue weighted by Crippen LogP contribution is 2.24. The first-order valence-electron chi connectivity index (χ1n) is 8.40. The number of imidazole rings is 1.